The summed E-state index contributed by atoms with van der Waals surface area (Å²) in [6.45, 7) is -0.503. The molecule has 4 aromatic rings. The Bertz CT molecular complexity index is 1380. The number of nitrogens with one attached hydrogen (secondary N) is 1. The molecule has 0 aliphatic carbocycles. The molecule has 0 unspecified atom stereocenters. The second-order valence-electron chi connectivity index (χ2n) is 6.83. The highest BCUT2D eigenvalue weighted by atomic mass is 35.5. The summed E-state index contributed by atoms with van der Waals surface area (Å²) in [5, 5.41) is 12.8. The summed E-state index contributed by atoms with van der Waals surface area (Å²) in [6, 6.07) is 24.5. The first-order valence-electron chi connectivity index (χ1n) is 9.67. The lowest BCUT2D eigenvalue weighted by atomic mass is 10.0. The molecule has 0 radical (unpaired) electrons. The van der Waals surface area contributed by atoms with Crippen LogP contribution in [0.25, 0.3) is 22.2 Å². The molecule has 156 valence electrons. The van der Waals surface area contributed by atoms with Crippen molar-refractivity contribution in [2.45, 2.75) is 0 Å². The minimum absolute atomic E-state index is 0.274. The molecule has 1 aromatic heterocycles. The van der Waals surface area contributed by atoms with Crippen LogP contribution in [0, 0.1) is 11.3 Å². The van der Waals surface area contributed by atoms with Crippen molar-refractivity contribution in [2.75, 3.05) is 11.9 Å². The van der Waals surface area contributed by atoms with Crippen LogP contribution in [0.2, 0.25) is 5.02 Å². The van der Waals surface area contributed by atoms with Crippen molar-refractivity contribution in [2.24, 2.45) is 0 Å². The van der Waals surface area contributed by atoms with E-state index < -0.39 is 18.5 Å². The third kappa shape index (κ3) is 4.43. The monoisotopic (exact) mass is 441 g/mol. The fourth-order valence-corrected chi connectivity index (χ4v) is 3.47. The van der Waals surface area contributed by atoms with Crippen LogP contribution in [0.15, 0.2) is 78.9 Å². The van der Waals surface area contributed by atoms with Crippen molar-refractivity contribution in [1.82, 2.24) is 4.98 Å². The van der Waals surface area contributed by atoms with Crippen molar-refractivity contribution >= 4 is 40.1 Å². The van der Waals surface area contributed by atoms with E-state index in [4.69, 9.17) is 21.6 Å². The molecular formula is C25H16ClN3O3. The van der Waals surface area contributed by atoms with Gasteiger partial charge in [-0.15, -0.1) is 0 Å². The van der Waals surface area contributed by atoms with E-state index in [1.54, 1.807) is 54.6 Å². The summed E-state index contributed by atoms with van der Waals surface area (Å²) in [7, 11) is 0. The van der Waals surface area contributed by atoms with Crippen molar-refractivity contribution < 1.29 is 14.3 Å². The predicted octanol–water partition coefficient (Wildman–Crippen LogP) is 5.22. The van der Waals surface area contributed by atoms with Crippen molar-refractivity contribution in [3.63, 3.8) is 0 Å². The van der Waals surface area contributed by atoms with Gasteiger partial charge in [0.25, 0.3) is 5.91 Å². The quantitative estimate of drug-likeness (QED) is 0.428. The van der Waals surface area contributed by atoms with E-state index in [-0.39, 0.29) is 5.56 Å². The van der Waals surface area contributed by atoms with Gasteiger partial charge in [0.1, 0.15) is 6.07 Å². The number of hydrogen-bond acceptors (Lipinski definition) is 5. The van der Waals surface area contributed by atoms with E-state index in [9.17, 15) is 9.59 Å². The number of benzene rings is 3. The third-order valence-electron chi connectivity index (χ3n) is 4.74. The van der Waals surface area contributed by atoms with Crippen LogP contribution in [0.3, 0.4) is 0 Å². The van der Waals surface area contributed by atoms with Crippen LogP contribution in [0.4, 0.5) is 5.69 Å². The van der Waals surface area contributed by atoms with E-state index >= 15 is 0 Å². The number of amides is 1. The summed E-state index contributed by atoms with van der Waals surface area (Å²) in [5.41, 5.74) is 2.75. The van der Waals surface area contributed by atoms with Gasteiger partial charge in [-0.2, -0.15) is 5.26 Å². The number of anilines is 1. The van der Waals surface area contributed by atoms with Crippen molar-refractivity contribution in [3.05, 3.63) is 95.0 Å². The minimum atomic E-state index is -0.666. The largest absolute Gasteiger partial charge is 0.452 e. The summed E-state index contributed by atoms with van der Waals surface area (Å²) < 4.78 is 5.27. The maximum Gasteiger partial charge on any atom is 0.339 e. The Labute approximate surface area is 189 Å². The number of carbonyl (C=O) groups is 2. The van der Waals surface area contributed by atoms with Gasteiger partial charge in [0, 0.05) is 16.0 Å². The number of halogens is 1. The zero-order valence-corrected chi connectivity index (χ0v) is 17.5. The fraction of sp³-hybridized carbons (Fsp3) is 0.0400. The van der Waals surface area contributed by atoms with Gasteiger partial charge in [0.05, 0.1) is 28.0 Å². The van der Waals surface area contributed by atoms with Gasteiger partial charge >= 0.3 is 5.97 Å². The Balaban J connectivity index is 1.59. The Morgan fingerprint density at radius 1 is 1.00 bits per heavy atom. The number of aromatic nitrogens is 1. The average Bonchev–Trinajstić information content (AvgIpc) is 2.82. The van der Waals surface area contributed by atoms with Crippen LogP contribution < -0.4 is 5.32 Å². The Morgan fingerprint density at radius 3 is 2.53 bits per heavy atom. The predicted molar refractivity (Wildman–Crippen MR) is 122 cm³/mol. The Kier molecular flexibility index (Phi) is 6.11. The molecule has 0 aliphatic rings. The second-order valence-corrected chi connectivity index (χ2v) is 7.24. The number of pyridine rings is 1. The SMILES string of the molecule is N#Cc1ccccc1NC(=O)COC(=O)c1cc(-c2ccccc2Cl)nc2ccccc12. The molecule has 7 heteroatoms. The van der Waals surface area contributed by atoms with Gasteiger partial charge in [0.2, 0.25) is 0 Å². The molecule has 3 aromatic carbocycles. The topological polar surface area (TPSA) is 92.1 Å². The lowest BCUT2D eigenvalue weighted by Crippen LogP contribution is -2.21. The molecule has 1 amide bonds. The maximum absolute atomic E-state index is 12.9. The molecule has 0 fully saturated rings. The summed E-state index contributed by atoms with van der Waals surface area (Å²) in [5.74, 6) is -1.22. The number of hydrogen-bond donors (Lipinski definition) is 1. The summed E-state index contributed by atoms with van der Waals surface area (Å²) in [6.07, 6.45) is 0. The first-order chi connectivity index (χ1) is 15.6. The highest BCUT2D eigenvalue weighted by molar-refractivity contribution is 6.33. The van der Waals surface area contributed by atoms with Crippen LogP contribution in [-0.4, -0.2) is 23.5 Å². The Hall–Kier alpha value is -4.21. The van der Waals surface area contributed by atoms with Crippen LogP contribution in [-0.2, 0) is 9.53 Å². The van der Waals surface area contributed by atoms with Crippen LogP contribution in [0.5, 0.6) is 0 Å². The molecule has 0 saturated carbocycles. The average molecular weight is 442 g/mol. The van der Waals surface area contributed by atoms with Crippen LogP contribution >= 0.6 is 11.6 Å². The van der Waals surface area contributed by atoms with Gasteiger partial charge in [-0.3, -0.25) is 4.79 Å². The van der Waals surface area contributed by atoms with Crippen molar-refractivity contribution in [1.29, 1.82) is 5.26 Å². The molecule has 1 heterocycles. The van der Waals surface area contributed by atoms with E-state index in [2.05, 4.69) is 10.3 Å². The molecule has 0 atom stereocenters. The van der Waals surface area contributed by atoms with Gasteiger partial charge in [0.15, 0.2) is 6.61 Å². The van der Waals surface area contributed by atoms with Gasteiger partial charge < -0.3 is 10.1 Å². The molecule has 0 aliphatic heterocycles. The number of ether oxygens (including phenoxy) is 1. The van der Waals surface area contributed by atoms with Crippen molar-refractivity contribution in [3.8, 4) is 17.3 Å². The maximum atomic E-state index is 12.9. The molecular weight excluding hydrogens is 426 g/mol. The molecule has 0 spiro atoms. The minimum Gasteiger partial charge on any atom is -0.452 e. The smallest absolute Gasteiger partial charge is 0.339 e. The first-order valence-corrected chi connectivity index (χ1v) is 10.1. The van der Waals surface area contributed by atoms with Gasteiger partial charge in [-0.25, -0.2) is 9.78 Å². The van der Waals surface area contributed by atoms with E-state index in [1.165, 1.54) is 0 Å². The number of esters is 1. The number of carbonyl (C=O) groups excluding carboxylic acids is 2. The zero-order chi connectivity index (χ0) is 22.5. The standard InChI is InChI=1S/C25H16ClN3O3/c26-20-10-4-2-9-18(20)23-13-19(17-8-3-6-12-22(17)28-23)25(31)32-15-24(30)29-21-11-5-1-7-16(21)14-27/h1-13H,15H2,(H,29,30). The highest BCUT2D eigenvalue weighted by Crippen LogP contribution is 2.30. The lowest BCUT2D eigenvalue weighted by molar-refractivity contribution is -0.119. The van der Waals surface area contributed by atoms with Crippen LogP contribution in [0.1, 0.15) is 15.9 Å². The first kappa shape index (κ1) is 21.0. The molecule has 4 rings (SSSR count). The second kappa shape index (κ2) is 9.29. The van der Waals surface area contributed by atoms with E-state index in [0.717, 1.165) is 0 Å². The number of para-hydroxylation sites is 2. The normalized spacial score (nSPS) is 10.4. The summed E-state index contributed by atoms with van der Waals surface area (Å²) in [4.78, 5) is 29.8. The number of nitriles is 1. The highest BCUT2D eigenvalue weighted by Gasteiger charge is 2.17. The summed E-state index contributed by atoms with van der Waals surface area (Å²) >= 11 is 6.31. The van der Waals surface area contributed by atoms with Gasteiger partial charge in [-0.05, 0) is 30.3 Å². The number of fused-ring (bicyclic) bond motifs is 1. The fourth-order valence-electron chi connectivity index (χ4n) is 3.24. The number of nitrogens with zero attached hydrogens (tertiary/aromatic N) is 2. The number of rotatable bonds is 5. The molecule has 0 saturated heterocycles. The molecule has 6 nitrogen and oxygen atoms in total. The third-order valence-corrected chi connectivity index (χ3v) is 5.07. The van der Waals surface area contributed by atoms with E-state index in [0.29, 0.717) is 38.4 Å². The molecule has 0 bridgehead atoms. The Morgan fingerprint density at radius 2 is 1.72 bits per heavy atom. The zero-order valence-electron chi connectivity index (χ0n) is 16.7. The van der Waals surface area contributed by atoms with Gasteiger partial charge in [-0.1, -0.05) is 60.1 Å². The van der Waals surface area contributed by atoms with E-state index in [1.807, 2.05) is 30.3 Å². The molecule has 1 N–H and O–H groups in total. The molecule has 32 heavy (non-hydrogen) atoms. The lowest BCUT2D eigenvalue weighted by Gasteiger charge is -2.11.